The van der Waals surface area contributed by atoms with Gasteiger partial charge in [0.2, 0.25) is 5.78 Å². The second kappa shape index (κ2) is 5.14. The highest BCUT2D eigenvalue weighted by Gasteiger charge is 2.24. The number of nitrogens with zero attached hydrogens (tertiary/aromatic N) is 4. The summed E-state index contributed by atoms with van der Waals surface area (Å²) in [5.41, 5.74) is 3.21. The van der Waals surface area contributed by atoms with E-state index >= 15 is 0 Å². The minimum absolute atomic E-state index is 0.154. The first-order valence-corrected chi connectivity index (χ1v) is 7.25. The number of aliphatic hydroxyl groups excluding tert-OH is 1. The zero-order chi connectivity index (χ0) is 14.3. The number of fused-ring (bicyclic) bond motifs is 1. The Balaban J connectivity index is 1.80. The summed E-state index contributed by atoms with van der Waals surface area (Å²) in [4.78, 5) is 11.5. The van der Waals surface area contributed by atoms with Gasteiger partial charge in [-0.2, -0.15) is 0 Å². The van der Waals surface area contributed by atoms with Gasteiger partial charge in [0.05, 0.1) is 11.8 Å². The van der Waals surface area contributed by atoms with E-state index in [1.807, 2.05) is 11.3 Å². The van der Waals surface area contributed by atoms with E-state index in [2.05, 4.69) is 41.0 Å². The molecule has 3 rings (SSSR count). The minimum Gasteiger partial charge on any atom is -0.393 e. The third kappa shape index (κ3) is 2.55. The molecule has 0 radical (unpaired) electrons. The molecule has 1 fully saturated rings. The normalized spacial score (nSPS) is 24.4. The molecule has 5 nitrogen and oxygen atoms in total. The van der Waals surface area contributed by atoms with Crippen LogP contribution in [0.15, 0.2) is 12.3 Å². The molecule has 2 aromatic rings. The highest BCUT2D eigenvalue weighted by atomic mass is 16.3. The standard InChI is InChI=1S/C15H22N4O/c1-10-7-18(5-4-14(10)20)8-13-9-19-12(3)6-11(2)16-15(19)17-13/h6,9-10,14,20H,4-5,7-8H2,1-3H3. The van der Waals surface area contributed by atoms with Crippen LogP contribution in [0.2, 0.25) is 0 Å². The first-order valence-electron chi connectivity index (χ1n) is 7.25. The number of aromatic nitrogens is 3. The third-order valence-electron chi connectivity index (χ3n) is 4.14. The Morgan fingerprint density at radius 3 is 2.90 bits per heavy atom. The van der Waals surface area contributed by atoms with Gasteiger partial charge in [0.15, 0.2) is 0 Å². The predicted octanol–water partition coefficient (Wildman–Crippen LogP) is 1.55. The van der Waals surface area contributed by atoms with E-state index in [4.69, 9.17) is 0 Å². The lowest BCUT2D eigenvalue weighted by Gasteiger charge is -2.33. The van der Waals surface area contributed by atoms with Crippen LogP contribution in [0.1, 0.15) is 30.4 Å². The van der Waals surface area contributed by atoms with E-state index in [0.717, 1.165) is 48.9 Å². The van der Waals surface area contributed by atoms with Crippen LogP contribution in [0.4, 0.5) is 0 Å². The van der Waals surface area contributed by atoms with Gasteiger partial charge >= 0.3 is 0 Å². The average Bonchev–Trinajstić information content (AvgIpc) is 2.76. The Morgan fingerprint density at radius 2 is 2.15 bits per heavy atom. The minimum atomic E-state index is -0.154. The number of hydrogen-bond donors (Lipinski definition) is 1. The number of piperidine rings is 1. The van der Waals surface area contributed by atoms with Gasteiger partial charge in [-0.15, -0.1) is 0 Å². The van der Waals surface area contributed by atoms with Crippen LogP contribution in [-0.2, 0) is 6.54 Å². The summed E-state index contributed by atoms with van der Waals surface area (Å²) in [5, 5.41) is 9.79. The topological polar surface area (TPSA) is 53.7 Å². The Kier molecular flexibility index (Phi) is 3.48. The van der Waals surface area contributed by atoms with Crippen LogP contribution in [0, 0.1) is 19.8 Å². The SMILES string of the molecule is Cc1cc(C)n2cc(CN3CCC(O)C(C)C3)nc2n1. The van der Waals surface area contributed by atoms with Crippen molar-refractivity contribution < 1.29 is 5.11 Å². The molecular formula is C15H22N4O. The van der Waals surface area contributed by atoms with Crippen LogP contribution in [-0.4, -0.2) is 43.6 Å². The Hall–Kier alpha value is -1.46. The van der Waals surface area contributed by atoms with Gasteiger partial charge in [-0.05, 0) is 32.3 Å². The summed E-state index contributed by atoms with van der Waals surface area (Å²) in [5.74, 6) is 1.12. The molecule has 2 unspecified atom stereocenters. The molecular weight excluding hydrogens is 252 g/mol. The third-order valence-corrected chi connectivity index (χ3v) is 4.14. The number of imidazole rings is 1. The lowest BCUT2D eigenvalue weighted by atomic mass is 9.97. The molecule has 0 amide bonds. The molecule has 20 heavy (non-hydrogen) atoms. The van der Waals surface area contributed by atoms with Gasteiger partial charge in [0.1, 0.15) is 0 Å². The van der Waals surface area contributed by atoms with Crippen LogP contribution in [0.5, 0.6) is 0 Å². The Labute approximate surface area is 119 Å². The molecule has 0 bridgehead atoms. The maximum absolute atomic E-state index is 9.79. The van der Waals surface area contributed by atoms with Crippen molar-refractivity contribution in [2.24, 2.45) is 5.92 Å². The molecule has 1 saturated heterocycles. The van der Waals surface area contributed by atoms with Gasteiger partial charge in [0, 0.05) is 37.2 Å². The molecule has 2 aromatic heterocycles. The molecule has 2 atom stereocenters. The molecule has 0 spiro atoms. The van der Waals surface area contributed by atoms with E-state index < -0.39 is 0 Å². The van der Waals surface area contributed by atoms with Crippen molar-refractivity contribution in [3.63, 3.8) is 0 Å². The van der Waals surface area contributed by atoms with Crippen molar-refractivity contribution in [2.45, 2.75) is 39.8 Å². The number of likely N-dealkylation sites (tertiary alicyclic amines) is 1. The number of aliphatic hydroxyl groups is 1. The van der Waals surface area contributed by atoms with Crippen molar-refractivity contribution in [3.8, 4) is 0 Å². The maximum Gasteiger partial charge on any atom is 0.234 e. The van der Waals surface area contributed by atoms with Gasteiger partial charge in [-0.3, -0.25) is 9.30 Å². The summed E-state index contributed by atoms with van der Waals surface area (Å²) in [6.45, 7) is 8.88. The van der Waals surface area contributed by atoms with Crippen LogP contribution < -0.4 is 0 Å². The first kappa shape index (κ1) is 13.5. The summed E-state index contributed by atoms with van der Waals surface area (Å²) < 4.78 is 2.05. The number of rotatable bonds is 2. The first-order chi connectivity index (χ1) is 9.52. The summed E-state index contributed by atoms with van der Waals surface area (Å²) in [7, 11) is 0. The second-order valence-electron chi connectivity index (χ2n) is 6.01. The van der Waals surface area contributed by atoms with E-state index in [-0.39, 0.29) is 6.10 Å². The molecule has 0 aliphatic carbocycles. The Morgan fingerprint density at radius 1 is 1.35 bits per heavy atom. The fraction of sp³-hybridized carbons (Fsp3) is 0.600. The van der Waals surface area contributed by atoms with Gasteiger partial charge < -0.3 is 5.11 Å². The van der Waals surface area contributed by atoms with E-state index in [0.29, 0.717) is 5.92 Å². The van der Waals surface area contributed by atoms with Crippen LogP contribution in [0.3, 0.4) is 0 Å². The van der Waals surface area contributed by atoms with Crippen LogP contribution >= 0.6 is 0 Å². The fourth-order valence-corrected chi connectivity index (χ4v) is 2.99. The van der Waals surface area contributed by atoms with Gasteiger partial charge in [-0.25, -0.2) is 9.97 Å². The maximum atomic E-state index is 9.79. The van der Waals surface area contributed by atoms with Crippen molar-refractivity contribution in [2.75, 3.05) is 13.1 Å². The molecule has 0 saturated carbocycles. The predicted molar refractivity (Wildman–Crippen MR) is 77.5 cm³/mol. The van der Waals surface area contributed by atoms with Crippen molar-refractivity contribution in [1.29, 1.82) is 0 Å². The van der Waals surface area contributed by atoms with Crippen LogP contribution in [0.25, 0.3) is 5.78 Å². The molecule has 1 aliphatic rings. The van der Waals surface area contributed by atoms with E-state index in [1.165, 1.54) is 0 Å². The molecule has 1 N–H and O–H groups in total. The highest BCUT2D eigenvalue weighted by molar-refractivity contribution is 5.34. The van der Waals surface area contributed by atoms with Crippen molar-refractivity contribution >= 4 is 5.78 Å². The van der Waals surface area contributed by atoms with E-state index in [9.17, 15) is 5.11 Å². The molecule has 0 aromatic carbocycles. The highest BCUT2D eigenvalue weighted by Crippen LogP contribution is 2.18. The summed E-state index contributed by atoms with van der Waals surface area (Å²) in [6.07, 6.45) is 2.77. The lowest BCUT2D eigenvalue weighted by Crippen LogP contribution is -2.41. The van der Waals surface area contributed by atoms with Crippen molar-refractivity contribution in [1.82, 2.24) is 19.3 Å². The number of aryl methyl sites for hydroxylation is 2. The van der Waals surface area contributed by atoms with Gasteiger partial charge in [0.25, 0.3) is 0 Å². The smallest absolute Gasteiger partial charge is 0.234 e. The van der Waals surface area contributed by atoms with E-state index in [1.54, 1.807) is 0 Å². The summed E-state index contributed by atoms with van der Waals surface area (Å²) in [6, 6.07) is 2.07. The lowest BCUT2D eigenvalue weighted by molar-refractivity contribution is 0.0316. The van der Waals surface area contributed by atoms with Crippen molar-refractivity contribution in [3.05, 3.63) is 29.3 Å². The molecule has 5 heteroatoms. The quantitative estimate of drug-likeness (QED) is 0.902. The second-order valence-corrected chi connectivity index (χ2v) is 6.01. The largest absolute Gasteiger partial charge is 0.393 e. The average molecular weight is 274 g/mol. The Bertz CT molecular complexity index is 622. The molecule has 3 heterocycles. The van der Waals surface area contributed by atoms with Gasteiger partial charge in [-0.1, -0.05) is 6.92 Å². The number of hydrogen-bond acceptors (Lipinski definition) is 4. The molecule has 1 aliphatic heterocycles. The zero-order valence-electron chi connectivity index (χ0n) is 12.4. The molecule has 108 valence electrons. The zero-order valence-corrected chi connectivity index (χ0v) is 12.4. The fourth-order valence-electron chi connectivity index (χ4n) is 2.99. The summed E-state index contributed by atoms with van der Waals surface area (Å²) >= 11 is 0. The monoisotopic (exact) mass is 274 g/mol.